The summed E-state index contributed by atoms with van der Waals surface area (Å²) < 4.78 is 28.8. The van der Waals surface area contributed by atoms with Crippen LogP contribution in [0, 0.1) is 5.92 Å². The first-order valence-electron chi connectivity index (χ1n) is 4.95. The zero-order valence-electron chi connectivity index (χ0n) is 8.10. The Kier molecular flexibility index (Phi) is 3.42. The van der Waals surface area contributed by atoms with Gasteiger partial charge in [-0.3, -0.25) is 0 Å². The summed E-state index contributed by atoms with van der Waals surface area (Å²) in [4.78, 5) is 0.170. The van der Waals surface area contributed by atoms with Crippen LogP contribution >= 0.6 is 27.3 Å². The van der Waals surface area contributed by atoms with Crippen molar-refractivity contribution < 1.29 is 8.78 Å². The van der Waals surface area contributed by atoms with Gasteiger partial charge in [0.15, 0.2) is 0 Å². The largest absolute Gasteiger partial charge is 0.316 e. The molecule has 2 heterocycles. The van der Waals surface area contributed by atoms with Crippen LogP contribution in [0.1, 0.15) is 17.7 Å². The van der Waals surface area contributed by atoms with Crippen molar-refractivity contribution in [1.82, 2.24) is 5.32 Å². The Bertz CT molecular complexity index is 334. The Labute approximate surface area is 100 Å². The van der Waals surface area contributed by atoms with E-state index in [-0.39, 0.29) is 4.88 Å². The summed E-state index contributed by atoms with van der Waals surface area (Å²) in [5.41, 5.74) is 0. The minimum Gasteiger partial charge on any atom is -0.316 e. The van der Waals surface area contributed by atoms with Gasteiger partial charge in [-0.1, -0.05) is 0 Å². The molecule has 1 aromatic rings. The maximum absolute atomic E-state index is 14.0. The van der Waals surface area contributed by atoms with Crippen LogP contribution in [0.3, 0.4) is 0 Å². The Hall–Kier alpha value is -0.0000000000000000486. The van der Waals surface area contributed by atoms with E-state index in [0.717, 1.165) is 28.1 Å². The lowest BCUT2D eigenvalue weighted by Gasteiger charge is -2.29. The first-order valence-corrected chi connectivity index (χ1v) is 6.56. The topological polar surface area (TPSA) is 12.0 Å². The number of thiophene rings is 1. The zero-order chi connectivity index (χ0) is 10.9. The Morgan fingerprint density at radius 2 is 2.27 bits per heavy atom. The summed E-state index contributed by atoms with van der Waals surface area (Å²) in [6.07, 6.45) is 1.45. The standard InChI is InChI=1S/C10H12BrF2NS/c11-9-4-3-8(15-9)10(12,13)7-2-1-5-14-6-7/h3-4,7,14H,1-2,5-6H2. The van der Waals surface area contributed by atoms with Crippen LogP contribution in [0.4, 0.5) is 8.78 Å². The highest BCUT2D eigenvalue weighted by Gasteiger charge is 2.42. The fourth-order valence-electron chi connectivity index (χ4n) is 1.86. The molecule has 1 unspecified atom stereocenters. The number of halogens is 3. The number of hydrogen-bond acceptors (Lipinski definition) is 2. The number of nitrogens with one attached hydrogen (secondary N) is 1. The first-order chi connectivity index (χ1) is 7.10. The summed E-state index contributed by atoms with van der Waals surface area (Å²) in [7, 11) is 0. The molecule has 0 aliphatic carbocycles. The third kappa shape index (κ3) is 2.40. The maximum atomic E-state index is 14.0. The molecule has 0 amide bonds. The predicted octanol–water partition coefficient (Wildman–Crippen LogP) is 3.60. The molecule has 1 fully saturated rings. The number of piperidine rings is 1. The van der Waals surface area contributed by atoms with E-state index in [1.165, 1.54) is 6.07 Å². The number of alkyl halides is 2. The van der Waals surface area contributed by atoms with Gasteiger partial charge in [-0.05, 0) is 47.4 Å². The second-order valence-corrected chi connectivity index (χ2v) is 6.23. The molecule has 1 N–H and O–H groups in total. The summed E-state index contributed by atoms with van der Waals surface area (Å²) in [5.74, 6) is -3.25. The molecule has 1 aromatic heterocycles. The minimum atomic E-state index is -2.69. The summed E-state index contributed by atoms with van der Waals surface area (Å²) in [6, 6.07) is 3.20. The van der Waals surface area contributed by atoms with Gasteiger partial charge >= 0.3 is 0 Å². The molecular weight excluding hydrogens is 284 g/mol. The lowest BCUT2D eigenvalue weighted by atomic mass is 9.92. The highest BCUT2D eigenvalue weighted by molar-refractivity contribution is 9.11. The van der Waals surface area contributed by atoms with Crippen molar-refractivity contribution in [1.29, 1.82) is 0 Å². The Morgan fingerprint density at radius 3 is 2.80 bits per heavy atom. The van der Waals surface area contributed by atoms with Crippen LogP contribution in [0.25, 0.3) is 0 Å². The smallest absolute Gasteiger partial charge is 0.286 e. The molecule has 1 nitrogen and oxygen atoms in total. The highest BCUT2D eigenvalue weighted by atomic mass is 79.9. The van der Waals surface area contributed by atoms with E-state index in [4.69, 9.17) is 0 Å². The Balaban J connectivity index is 2.17. The van der Waals surface area contributed by atoms with Gasteiger partial charge in [0.1, 0.15) is 0 Å². The molecule has 0 saturated carbocycles. The molecule has 2 rings (SSSR count). The highest BCUT2D eigenvalue weighted by Crippen LogP contribution is 2.43. The van der Waals surface area contributed by atoms with E-state index in [1.807, 2.05) is 0 Å². The van der Waals surface area contributed by atoms with Crippen LogP contribution in [0.15, 0.2) is 15.9 Å². The van der Waals surface area contributed by atoms with Gasteiger partial charge in [0.05, 0.1) is 8.66 Å². The van der Waals surface area contributed by atoms with Crippen LogP contribution in [-0.4, -0.2) is 13.1 Å². The SMILES string of the molecule is FC(F)(c1ccc(Br)s1)C1CCCNC1. The van der Waals surface area contributed by atoms with Crippen molar-refractivity contribution in [3.8, 4) is 0 Å². The van der Waals surface area contributed by atoms with Crippen LogP contribution in [-0.2, 0) is 5.92 Å². The van der Waals surface area contributed by atoms with Crippen molar-refractivity contribution in [2.24, 2.45) is 5.92 Å². The monoisotopic (exact) mass is 295 g/mol. The molecule has 1 saturated heterocycles. The fourth-order valence-corrected chi connectivity index (χ4v) is 3.30. The van der Waals surface area contributed by atoms with E-state index < -0.39 is 11.8 Å². The van der Waals surface area contributed by atoms with Crippen molar-refractivity contribution in [2.75, 3.05) is 13.1 Å². The normalized spacial score (nSPS) is 23.0. The van der Waals surface area contributed by atoms with E-state index in [2.05, 4.69) is 21.2 Å². The second-order valence-electron chi connectivity index (χ2n) is 3.77. The van der Waals surface area contributed by atoms with E-state index in [9.17, 15) is 8.78 Å². The predicted molar refractivity (Wildman–Crippen MR) is 61.5 cm³/mol. The third-order valence-corrected chi connectivity index (χ3v) is 4.42. The number of hydrogen-bond donors (Lipinski definition) is 1. The lowest BCUT2D eigenvalue weighted by Crippen LogP contribution is -2.38. The molecular formula is C10H12BrF2NS. The minimum absolute atomic E-state index is 0.170. The molecule has 0 spiro atoms. The van der Waals surface area contributed by atoms with Gasteiger partial charge < -0.3 is 5.32 Å². The van der Waals surface area contributed by atoms with Gasteiger partial charge in [-0.2, -0.15) is 0 Å². The average Bonchev–Trinajstić information content (AvgIpc) is 2.67. The lowest BCUT2D eigenvalue weighted by molar-refractivity contribution is -0.0691. The molecule has 0 radical (unpaired) electrons. The van der Waals surface area contributed by atoms with Crippen molar-refractivity contribution >= 4 is 27.3 Å². The summed E-state index contributed by atoms with van der Waals surface area (Å²) in [6.45, 7) is 1.28. The van der Waals surface area contributed by atoms with Crippen molar-refractivity contribution in [3.05, 3.63) is 20.8 Å². The summed E-state index contributed by atoms with van der Waals surface area (Å²) >= 11 is 4.35. The molecule has 84 valence electrons. The zero-order valence-corrected chi connectivity index (χ0v) is 10.5. The van der Waals surface area contributed by atoms with Crippen molar-refractivity contribution in [3.63, 3.8) is 0 Å². The molecule has 0 aromatic carbocycles. The molecule has 0 bridgehead atoms. The number of rotatable bonds is 2. The van der Waals surface area contributed by atoms with E-state index >= 15 is 0 Å². The van der Waals surface area contributed by atoms with E-state index in [0.29, 0.717) is 13.0 Å². The van der Waals surface area contributed by atoms with Gasteiger partial charge in [0, 0.05) is 12.5 Å². The Morgan fingerprint density at radius 1 is 1.47 bits per heavy atom. The van der Waals surface area contributed by atoms with E-state index in [1.54, 1.807) is 6.07 Å². The average molecular weight is 296 g/mol. The van der Waals surface area contributed by atoms with Crippen molar-refractivity contribution in [2.45, 2.75) is 18.8 Å². The third-order valence-electron chi connectivity index (χ3n) is 2.71. The maximum Gasteiger partial charge on any atom is 0.286 e. The van der Waals surface area contributed by atoms with Crippen LogP contribution < -0.4 is 5.32 Å². The fraction of sp³-hybridized carbons (Fsp3) is 0.600. The van der Waals surface area contributed by atoms with Gasteiger partial charge in [-0.25, -0.2) is 8.78 Å². The summed E-state index contributed by atoms with van der Waals surface area (Å²) in [5, 5.41) is 3.03. The molecule has 5 heteroatoms. The van der Waals surface area contributed by atoms with Gasteiger partial charge in [0.2, 0.25) is 0 Å². The van der Waals surface area contributed by atoms with Crippen LogP contribution in [0.5, 0.6) is 0 Å². The molecule has 1 aliphatic heterocycles. The molecule has 15 heavy (non-hydrogen) atoms. The first kappa shape index (κ1) is 11.5. The quantitative estimate of drug-likeness (QED) is 0.879. The molecule has 1 atom stereocenters. The van der Waals surface area contributed by atoms with Crippen LogP contribution in [0.2, 0.25) is 0 Å². The molecule has 1 aliphatic rings. The van der Waals surface area contributed by atoms with Gasteiger partial charge in [0.25, 0.3) is 5.92 Å². The second kappa shape index (κ2) is 4.47. The van der Waals surface area contributed by atoms with Gasteiger partial charge in [-0.15, -0.1) is 11.3 Å².